The summed E-state index contributed by atoms with van der Waals surface area (Å²) in [6, 6.07) is 0.451. The summed E-state index contributed by atoms with van der Waals surface area (Å²) in [6.45, 7) is 8.65. The Morgan fingerprint density at radius 1 is 1.37 bits per heavy atom. The van der Waals surface area contributed by atoms with E-state index in [1.807, 2.05) is 0 Å². The van der Waals surface area contributed by atoms with Crippen LogP contribution >= 0.6 is 0 Å². The average molecular weight is 268 g/mol. The van der Waals surface area contributed by atoms with Crippen LogP contribution in [0.5, 0.6) is 0 Å². The summed E-state index contributed by atoms with van der Waals surface area (Å²) < 4.78 is 4.92. The Morgan fingerprint density at radius 3 is 2.68 bits per heavy atom. The van der Waals surface area contributed by atoms with Crippen LogP contribution in [0.3, 0.4) is 0 Å². The van der Waals surface area contributed by atoms with E-state index in [4.69, 9.17) is 4.74 Å². The molecule has 2 bridgehead atoms. The molecular weight excluding hydrogens is 240 g/mol. The average Bonchev–Trinajstić information content (AvgIpc) is 2.80. The van der Waals surface area contributed by atoms with Gasteiger partial charge < -0.3 is 15.4 Å². The smallest absolute Gasteiger partial charge is 0.234 e. The SMILES string of the molecule is COCCNC(=O)CNC1C(C)(C)[C@H]2CC[C@]1(C)C2. The van der Waals surface area contributed by atoms with Crippen LogP contribution in [0.15, 0.2) is 0 Å². The van der Waals surface area contributed by atoms with Crippen molar-refractivity contribution >= 4 is 5.91 Å². The van der Waals surface area contributed by atoms with Crippen LogP contribution in [0.25, 0.3) is 0 Å². The zero-order valence-corrected chi connectivity index (χ0v) is 12.7. The van der Waals surface area contributed by atoms with Crippen LogP contribution in [0, 0.1) is 16.7 Å². The van der Waals surface area contributed by atoms with Gasteiger partial charge in [-0.2, -0.15) is 0 Å². The van der Waals surface area contributed by atoms with Gasteiger partial charge in [-0.3, -0.25) is 4.79 Å². The molecule has 0 aromatic rings. The summed E-state index contributed by atoms with van der Waals surface area (Å²) in [5, 5.41) is 6.38. The quantitative estimate of drug-likeness (QED) is 0.719. The van der Waals surface area contributed by atoms with Gasteiger partial charge in [-0.25, -0.2) is 0 Å². The van der Waals surface area contributed by atoms with Crippen LogP contribution in [0.2, 0.25) is 0 Å². The maximum absolute atomic E-state index is 11.8. The van der Waals surface area contributed by atoms with E-state index in [0.717, 1.165) is 5.92 Å². The molecule has 0 aromatic heterocycles. The monoisotopic (exact) mass is 268 g/mol. The third kappa shape index (κ3) is 2.79. The molecule has 1 amide bonds. The molecule has 2 saturated carbocycles. The van der Waals surface area contributed by atoms with Gasteiger partial charge in [-0.15, -0.1) is 0 Å². The van der Waals surface area contributed by atoms with Crippen molar-refractivity contribution in [3.63, 3.8) is 0 Å². The van der Waals surface area contributed by atoms with Crippen molar-refractivity contribution in [1.29, 1.82) is 0 Å². The first-order valence-electron chi connectivity index (χ1n) is 7.39. The fourth-order valence-electron chi connectivity index (χ4n) is 4.36. The normalized spacial score (nSPS) is 35.6. The Hall–Kier alpha value is -0.610. The van der Waals surface area contributed by atoms with Crippen molar-refractivity contribution in [2.45, 2.75) is 46.1 Å². The summed E-state index contributed by atoms with van der Waals surface area (Å²) in [5.74, 6) is 0.880. The lowest BCUT2D eigenvalue weighted by atomic mass is 9.68. The van der Waals surface area contributed by atoms with Crippen molar-refractivity contribution in [3.8, 4) is 0 Å². The topological polar surface area (TPSA) is 50.4 Å². The van der Waals surface area contributed by atoms with Gasteiger partial charge in [0.1, 0.15) is 0 Å². The molecule has 0 spiro atoms. The number of ether oxygens (including phenoxy) is 1. The van der Waals surface area contributed by atoms with Gasteiger partial charge in [-0.05, 0) is 36.0 Å². The fourth-order valence-corrected chi connectivity index (χ4v) is 4.36. The van der Waals surface area contributed by atoms with Gasteiger partial charge in [0.05, 0.1) is 13.2 Å². The minimum Gasteiger partial charge on any atom is -0.383 e. The number of rotatable bonds is 6. The lowest BCUT2D eigenvalue weighted by Gasteiger charge is -2.43. The van der Waals surface area contributed by atoms with E-state index < -0.39 is 0 Å². The lowest BCUT2D eigenvalue weighted by Crippen LogP contribution is -2.52. The minimum absolute atomic E-state index is 0.0687. The number of hydrogen-bond donors (Lipinski definition) is 2. The largest absolute Gasteiger partial charge is 0.383 e. The highest BCUT2D eigenvalue weighted by atomic mass is 16.5. The molecular formula is C15H28N2O2. The van der Waals surface area contributed by atoms with Crippen molar-refractivity contribution < 1.29 is 9.53 Å². The van der Waals surface area contributed by atoms with Crippen LogP contribution < -0.4 is 10.6 Å². The molecule has 3 atom stereocenters. The molecule has 0 heterocycles. The first-order valence-corrected chi connectivity index (χ1v) is 7.39. The summed E-state index contributed by atoms with van der Waals surface area (Å²) in [6.07, 6.45) is 3.95. The van der Waals surface area contributed by atoms with Crippen molar-refractivity contribution in [2.75, 3.05) is 26.8 Å². The number of amides is 1. The second-order valence-corrected chi connectivity index (χ2v) is 7.07. The number of carbonyl (C=O) groups excluding carboxylic acids is 1. The van der Waals surface area contributed by atoms with Gasteiger partial charge in [0.15, 0.2) is 0 Å². The van der Waals surface area contributed by atoms with E-state index in [1.54, 1.807) is 7.11 Å². The van der Waals surface area contributed by atoms with Gasteiger partial charge in [0, 0.05) is 19.7 Å². The minimum atomic E-state index is 0.0687. The highest BCUT2D eigenvalue weighted by molar-refractivity contribution is 5.78. The Kier molecular flexibility index (Phi) is 4.21. The molecule has 0 aliphatic heterocycles. The molecule has 2 aliphatic carbocycles. The van der Waals surface area contributed by atoms with E-state index in [-0.39, 0.29) is 5.91 Å². The molecule has 1 unspecified atom stereocenters. The molecule has 4 heteroatoms. The van der Waals surface area contributed by atoms with Gasteiger partial charge in [0.2, 0.25) is 5.91 Å². The third-order valence-electron chi connectivity index (χ3n) is 5.36. The number of nitrogens with one attached hydrogen (secondary N) is 2. The molecule has 0 radical (unpaired) electrons. The summed E-state index contributed by atoms with van der Waals surface area (Å²) >= 11 is 0. The maximum Gasteiger partial charge on any atom is 0.234 e. The third-order valence-corrected chi connectivity index (χ3v) is 5.36. The van der Waals surface area contributed by atoms with E-state index in [9.17, 15) is 4.79 Å². The van der Waals surface area contributed by atoms with Gasteiger partial charge in [0.25, 0.3) is 0 Å². The van der Waals surface area contributed by atoms with E-state index in [0.29, 0.717) is 36.6 Å². The van der Waals surface area contributed by atoms with Crippen molar-refractivity contribution in [3.05, 3.63) is 0 Å². The Labute approximate surface area is 116 Å². The van der Waals surface area contributed by atoms with Crippen molar-refractivity contribution in [2.24, 2.45) is 16.7 Å². The maximum atomic E-state index is 11.8. The molecule has 110 valence electrons. The molecule has 2 N–H and O–H groups in total. The number of fused-ring (bicyclic) bond motifs is 2. The van der Waals surface area contributed by atoms with Crippen LogP contribution in [-0.2, 0) is 9.53 Å². The highest BCUT2D eigenvalue weighted by Gasteiger charge is 2.58. The number of methoxy groups -OCH3 is 1. The molecule has 4 nitrogen and oxygen atoms in total. The predicted molar refractivity (Wildman–Crippen MR) is 75.9 cm³/mol. The highest BCUT2D eigenvalue weighted by Crippen LogP contribution is 2.62. The van der Waals surface area contributed by atoms with Gasteiger partial charge >= 0.3 is 0 Å². The first kappa shape index (κ1) is 14.8. The molecule has 2 rings (SSSR count). The second-order valence-electron chi connectivity index (χ2n) is 7.07. The zero-order chi connectivity index (χ0) is 14.1. The summed E-state index contributed by atoms with van der Waals surface area (Å²) in [4.78, 5) is 11.8. The van der Waals surface area contributed by atoms with E-state index in [1.165, 1.54) is 19.3 Å². The zero-order valence-electron chi connectivity index (χ0n) is 12.7. The number of carbonyl (C=O) groups is 1. The predicted octanol–water partition coefficient (Wildman–Crippen LogP) is 1.55. The van der Waals surface area contributed by atoms with Crippen molar-refractivity contribution in [1.82, 2.24) is 10.6 Å². The lowest BCUT2D eigenvalue weighted by molar-refractivity contribution is -0.120. The molecule has 0 aromatic carbocycles. The van der Waals surface area contributed by atoms with Crippen LogP contribution in [0.4, 0.5) is 0 Å². The van der Waals surface area contributed by atoms with Gasteiger partial charge in [-0.1, -0.05) is 20.8 Å². The molecule has 19 heavy (non-hydrogen) atoms. The Bertz CT molecular complexity index is 338. The van der Waals surface area contributed by atoms with Crippen LogP contribution in [-0.4, -0.2) is 38.8 Å². The number of hydrogen-bond acceptors (Lipinski definition) is 3. The standard InChI is InChI=1S/C15H28N2O2/c1-14(2)11-5-6-15(3,9-11)13(14)17-10-12(18)16-7-8-19-4/h11,13,17H,5-10H2,1-4H3,(H,16,18)/t11-,13?,15+/m0/s1. The second kappa shape index (κ2) is 5.41. The fraction of sp³-hybridized carbons (Fsp3) is 0.933. The Balaban J connectivity index is 1.84. The molecule has 2 fully saturated rings. The molecule has 2 aliphatic rings. The Morgan fingerprint density at radius 2 is 2.11 bits per heavy atom. The first-order chi connectivity index (χ1) is 8.90. The summed E-state index contributed by atoms with van der Waals surface area (Å²) in [5.41, 5.74) is 0.681. The van der Waals surface area contributed by atoms with Crippen LogP contribution in [0.1, 0.15) is 40.0 Å². The van der Waals surface area contributed by atoms with E-state index in [2.05, 4.69) is 31.4 Å². The molecule has 0 saturated heterocycles. The van der Waals surface area contributed by atoms with E-state index >= 15 is 0 Å². The summed E-state index contributed by atoms with van der Waals surface area (Å²) in [7, 11) is 1.64.